The summed E-state index contributed by atoms with van der Waals surface area (Å²) in [5.41, 5.74) is 17.0. The summed E-state index contributed by atoms with van der Waals surface area (Å²) in [6.45, 7) is 0. The van der Waals surface area contributed by atoms with E-state index in [-0.39, 0.29) is 0 Å². The minimum absolute atomic E-state index is 0.894. The maximum atomic E-state index is 6.41. The summed E-state index contributed by atoms with van der Waals surface area (Å²) in [6, 6.07) is 110. The van der Waals surface area contributed by atoms with Crippen molar-refractivity contribution in [3.8, 4) is 61.3 Å². The van der Waals surface area contributed by atoms with E-state index in [1.54, 1.807) is 0 Å². The van der Waals surface area contributed by atoms with Crippen LogP contribution in [-0.4, -0.2) is 12.6 Å². The maximum Gasteiger partial charge on any atom is 0.179 e. The molecule has 0 spiro atoms. The van der Waals surface area contributed by atoms with E-state index in [1.165, 1.54) is 64.9 Å². The topological polar surface area (TPSA) is 18.1 Å². The summed E-state index contributed by atoms with van der Waals surface area (Å²) in [5, 5.41) is 9.90. The third-order valence-corrected chi connectivity index (χ3v) is 20.0. The van der Waals surface area contributed by atoms with E-state index in [4.69, 9.17) is 4.42 Å². The maximum absolute atomic E-state index is 6.41. The molecule has 352 valence electrons. The minimum atomic E-state index is -3.27. The Balaban J connectivity index is 1.11. The molecule has 3 heteroatoms. The van der Waals surface area contributed by atoms with Crippen molar-refractivity contribution in [3.05, 3.63) is 297 Å². The molecule has 0 atom stereocenters. The molecule has 0 saturated carbocycles. The lowest BCUT2D eigenvalue weighted by Crippen LogP contribution is -2.74. The Morgan fingerprint density at radius 1 is 0.253 bits per heavy atom. The van der Waals surface area contributed by atoms with Crippen LogP contribution >= 0.6 is 0 Å². The Morgan fingerprint density at radius 3 is 1.31 bits per heavy atom. The second kappa shape index (κ2) is 18.5. The molecule has 0 saturated heterocycles. The van der Waals surface area contributed by atoms with Gasteiger partial charge in [-0.15, -0.1) is 0 Å². The number of benzene rings is 12. The standard InChI is InChI=1S/C72H49NOSi/c1-6-23-50(24-7-1)54-31-20-35-58(45-54)75(57-33-14-5-15-34-57,59-36-21-32-55(46-59)51-25-8-2-9-26-51)60-48-64(52-27-10-3-11-28-52)72(65(49-60)53-29-12-4-13-30-53)73-67-40-18-16-37-62(67)66-47-56(43-44-68(66)73)61-39-22-42-70-71(61)63-38-17-19-41-69(63)74-70/h1-49H. The van der Waals surface area contributed by atoms with Gasteiger partial charge >= 0.3 is 0 Å². The fourth-order valence-corrected chi connectivity index (χ4v) is 16.8. The summed E-state index contributed by atoms with van der Waals surface area (Å²) < 4.78 is 8.96. The molecule has 0 fully saturated rings. The Morgan fingerprint density at radius 2 is 0.707 bits per heavy atom. The molecule has 2 aromatic heterocycles. The van der Waals surface area contributed by atoms with Gasteiger partial charge in [0.15, 0.2) is 8.07 Å². The average molecular weight is 972 g/mol. The van der Waals surface area contributed by atoms with Gasteiger partial charge in [0.05, 0.1) is 16.7 Å². The molecule has 75 heavy (non-hydrogen) atoms. The van der Waals surface area contributed by atoms with Crippen LogP contribution in [0.5, 0.6) is 0 Å². The number of hydrogen-bond acceptors (Lipinski definition) is 1. The number of aromatic nitrogens is 1. The van der Waals surface area contributed by atoms with Crippen LogP contribution in [0.3, 0.4) is 0 Å². The number of furan rings is 1. The zero-order valence-corrected chi connectivity index (χ0v) is 42.1. The van der Waals surface area contributed by atoms with Gasteiger partial charge in [-0.25, -0.2) is 0 Å². The van der Waals surface area contributed by atoms with Gasteiger partial charge in [-0.2, -0.15) is 0 Å². The molecule has 12 aromatic carbocycles. The lowest BCUT2D eigenvalue weighted by atomic mass is 9.95. The third-order valence-electron chi connectivity index (χ3n) is 15.3. The summed E-state index contributed by atoms with van der Waals surface area (Å²) >= 11 is 0. The first-order valence-corrected chi connectivity index (χ1v) is 27.8. The fraction of sp³-hybridized carbons (Fsp3) is 0. The largest absolute Gasteiger partial charge is 0.456 e. The lowest BCUT2D eigenvalue weighted by Gasteiger charge is -2.36. The number of rotatable bonds is 10. The molecule has 14 rings (SSSR count). The quantitative estimate of drug-likeness (QED) is 0.0986. The van der Waals surface area contributed by atoms with E-state index in [0.717, 1.165) is 60.9 Å². The van der Waals surface area contributed by atoms with E-state index in [2.05, 4.69) is 296 Å². The first-order valence-electron chi connectivity index (χ1n) is 25.8. The molecule has 0 bridgehead atoms. The van der Waals surface area contributed by atoms with Gasteiger partial charge in [-0.1, -0.05) is 267 Å². The second-order valence-corrected chi connectivity index (χ2v) is 23.3. The van der Waals surface area contributed by atoms with E-state index >= 15 is 0 Å². The zero-order valence-electron chi connectivity index (χ0n) is 41.1. The van der Waals surface area contributed by atoms with Crippen molar-refractivity contribution in [1.29, 1.82) is 0 Å². The smallest absolute Gasteiger partial charge is 0.179 e. The Labute approximate surface area is 437 Å². The van der Waals surface area contributed by atoms with Gasteiger partial charge in [-0.3, -0.25) is 0 Å². The van der Waals surface area contributed by atoms with Gasteiger partial charge in [-0.05, 0) is 95.6 Å². The van der Waals surface area contributed by atoms with Crippen LogP contribution < -0.4 is 20.7 Å². The number of nitrogens with zero attached hydrogens (tertiary/aromatic N) is 1. The SMILES string of the molecule is c1ccc(-c2cccc([Si](c3ccccc3)(c3cccc(-c4ccccc4)c3)c3cc(-c4ccccc4)c(-n4c5ccccc5c5cc(-c6cccc7oc8ccccc8c67)ccc54)c(-c4ccccc4)c3)c2)cc1. The average Bonchev–Trinajstić information content (AvgIpc) is 4.07. The number of hydrogen-bond donors (Lipinski definition) is 0. The van der Waals surface area contributed by atoms with Gasteiger partial charge in [0, 0.05) is 32.7 Å². The Bertz CT molecular complexity index is 4240. The van der Waals surface area contributed by atoms with E-state index in [9.17, 15) is 0 Å². The van der Waals surface area contributed by atoms with Crippen molar-refractivity contribution >= 4 is 72.6 Å². The number of para-hydroxylation sites is 2. The highest BCUT2D eigenvalue weighted by atomic mass is 28.3. The molecule has 0 aliphatic carbocycles. The molecular weight excluding hydrogens is 923 g/mol. The predicted octanol–water partition coefficient (Wildman–Crippen LogP) is 16.4. The predicted molar refractivity (Wildman–Crippen MR) is 319 cm³/mol. The van der Waals surface area contributed by atoms with Crippen LogP contribution in [0.4, 0.5) is 0 Å². The molecule has 0 unspecified atom stereocenters. The van der Waals surface area contributed by atoms with Crippen molar-refractivity contribution in [1.82, 2.24) is 4.57 Å². The molecule has 0 aliphatic rings. The molecule has 14 aromatic rings. The third kappa shape index (κ3) is 7.47. The van der Waals surface area contributed by atoms with Gasteiger partial charge in [0.1, 0.15) is 11.2 Å². The minimum Gasteiger partial charge on any atom is -0.456 e. The van der Waals surface area contributed by atoms with Crippen molar-refractivity contribution in [2.24, 2.45) is 0 Å². The molecule has 2 heterocycles. The monoisotopic (exact) mass is 971 g/mol. The van der Waals surface area contributed by atoms with Crippen molar-refractivity contribution in [3.63, 3.8) is 0 Å². The zero-order chi connectivity index (χ0) is 49.7. The summed E-state index contributed by atoms with van der Waals surface area (Å²) in [5.74, 6) is 0. The van der Waals surface area contributed by atoms with Gasteiger partial charge in [0.25, 0.3) is 0 Å². The van der Waals surface area contributed by atoms with Crippen LogP contribution in [0.2, 0.25) is 0 Å². The second-order valence-electron chi connectivity index (χ2n) is 19.5. The first kappa shape index (κ1) is 44.2. The Hall–Kier alpha value is -9.54. The molecule has 0 amide bonds. The summed E-state index contributed by atoms with van der Waals surface area (Å²) in [4.78, 5) is 0. The van der Waals surface area contributed by atoms with E-state index < -0.39 is 8.07 Å². The van der Waals surface area contributed by atoms with Crippen LogP contribution in [-0.2, 0) is 0 Å². The van der Waals surface area contributed by atoms with E-state index in [0.29, 0.717) is 0 Å². The van der Waals surface area contributed by atoms with E-state index in [1.807, 2.05) is 6.07 Å². The lowest BCUT2D eigenvalue weighted by molar-refractivity contribution is 0.669. The van der Waals surface area contributed by atoms with Gasteiger partial charge < -0.3 is 8.98 Å². The van der Waals surface area contributed by atoms with Crippen LogP contribution in [0, 0.1) is 0 Å². The normalized spacial score (nSPS) is 11.7. The van der Waals surface area contributed by atoms with Crippen LogP contribution in [0.25, 0.3) is 105 Å². The molecule has 0 aliphatic heterocycles. The molecule has 2 nitrogen and oxygen atoms in total. The molecule has 0 N–H and O–H groups in total. The van der Waals surface area contributed by atoms with Crippen molar-refractivity contribution in [2.45, 2.75) is 0 Å². The molecule has 0 radical (unpaired) electrons. The van der Waals surface area contributed by atoms with Gasteiger partial charge in [0.2, 0.25) is 0 Å². The summed E-state index contributed by atoms with van der Waals surface area (Å²) in [6.07, 6.45) is 0. The highest BCUT2D eigenvalue weighted by Gasteiger charge is 2.43. The fourth-order valence-electron chi connectivity index (χ4n) is 12.0. The van der Waals surface area contributed by atoms with Crippen LogP contribution in [0.15, 0.2) is 302 Å². The van der Waals surface area contributed by atoms with Crippen LogP contribution in [0.1, 0.15) is 0 Å². The molecular formula is C72H49NOSi. The highest BCUT2D eigenvalue weighted by molar-refractivity contribution is 7.20. The highest BCUT2D eigenvalue weighted by Crippen LogP contribution is 2.44. The number of fused-ring (bicyclic) bond motifs is 6. The van der Waals surface area contributed by atoms with Crippen molar-refractivity contribution in [2.75, 3.05) is 0 Å². The summed E-state index contributed by atoms with van der Waals surface area (Å²) in [7, 11) is -3.27. The first-order chi connectivity index (χ1) is 37.2. The Kier molecular flexibility index (Phi) is 10.9. The van der Waals surface area contributed by atoms with Crippen molar-refractivity contribution < 1.29 is 4.42 Å².